The Morgan fingerprint density at radius 1 is 1.00 bits per heavy atom. The van der Waals surface area contributed by atoms with Crippen LogP contribution in [0.25, 0.3) is 10.8 Å². The lowest BCUT2D eigenvalue weighted by atomic mass is 10.1. The fraction of sp³-hybridized carbons (Fsp3) is 0. The van der Waals surface area contributed by atoms with Gasteiger partial charge in [-0.1, -0.05) is 36.4 Å². The minimum atomic E-state index is 0.285. The third kappa shape index (κ3) is 0.944. The summed E-state index contributed by atoms with van der Waals surface area (Å²) >= 11 is 0. The van der Waals surface area contributed by atoms with Crippen LogP contribution in [0.5, 0.6) is 5.75 Å². The maximum atomic E-state index is 9.60. The van der Waals surface area contributed by atoms with Crippen LogP contribution in [0.1, 0.15) is 5.56 Å². The SMILES string of the molecule is [CH2]c1ccc2ccccc2c1O. The zero-order valence-corrected chi connectivity index (χ0v) is 6.62. The van der Waals surface area contributed by atoms with Crippen molar-refractivity contribution in [3.63, 3.8) is 0 Å². The largest absolute Gasteiger partial charge is 0.507 e. The highest BCUT2D eigenvalue weighted by atomic mass is 16.3. The van der Waals surface area contributed by atoms with Gasteiger partial charge in [0.25, 0.3) is 0 Å². The van der Waals surface area contributed by atoms with Crippen LogP contribution >= 0.6 is 0 Å². The molecular weight excluding hydrogens is 148 g/mol. The summed E-state index contributed by atoms with van der Waals surface area (Å²) in [4.78, 5) is 0. The molecule has 2 aromatic rings. The number of phenols is 1. The second kappa shape index (κ2) is 2.52. The molecule has 0 saturated heterocycles. The van der Waals surface area contributed by atoms with Gasteiger partial charge in [0, 0.05) is 5.39 Å². The zero-order valence-electron chi connectivity index (χ0n) is 6.62. The normalized spacial score (nSPS) is 10.4. The van der Waals surface area contributed by atoms with E-state index in [0.29, 0.717) is 5.56 Å². The molecule has 0 saturated carbocycles. The maximum absolute atomic E-state index is 9.60. The average Bonchev–Trinajstić information content (AvgIpc) is 2.12. The van der Waals surface area contributed by atoms with Crippen molar-refractivity contribution in [2.75, 3.05) is 0 Å². The summed E-state index contributed by atoms with van der Waals surface area (Å²) in [5, 5.41) is 11.5. The number of aromatic hydroxyl groups is 1. The molecule has 12 heavy (non-hydrogen) atoms. The van der Waals surface area contributed by atoms with Gasteiger partial charge in [0.15, 0.2) is 0 Å². The Kier molecular flexibility index (Phi) is 1.51. The highest BCUT2D eigenvalue weighted by molar-refractivity contribution is 5.89. The molecule has 1 N–H and O–H groups in total. The first-order valence-corrected chi connectivity index (χ1v) is 3.82. The highest BCUT2D eigenvalue weighted by Gasteiger charge is 2.00. The number of benzene rings is 2. The van der Waals surface area contributed by atoms with Crippen LogP contribution in [0.3, 0.4) is 0 Å². The molecule has 0 bridgehead atoms. The van der Waals surface area contributed by atoms with Crippen LogP contribution in [0.2, 0.25) is 0 Å². The standard InChI is InChI=1S/C11H9O/c1-8-6-7-9-4-2-3-5-10(9)11(8)12/h2-7,12H,1H2. The van der Waals surface area contributed by atoms with Crippen molar-refractivity contribution in [3.8, 4) is 5.75 Å². The molecule has 1 radical (unpaired) electrons. The predicted molar refractivity (Wildman–Crippen MR) is 50.1 cm³/mol. The Hall–Kier alpha value is -1.50. The van der Waals surface area contributed by atoms with Gasteiger partial charge in [-0.3, -0.25) is 0 Å². The lowest BCUT2D eigenvalue weighted by Crippen LogP contribution is -1.77. The molecule has 1 nitrogen and oxygen atoms in total. The molecule has 1 heteroatoms. The summed E-state index contributed by atoms with van der Waals surface area (Å²) in [7, 11) is 0. The number of rotatable bonds is 0. The van der Waals surface area contributed by atoms with Gasteiger partial charge in [0.1, 0.15) is 5.75 Å². The molecular formula is C11H9O. The summed E-state index contributed by atoms with van der Waals surface area (Å²) < 4.78 is 0. The van der Waals surface area contributed by atoms with E-state index < -0.39 is 0 Å². The Morgan fingerprint density at radius 3 is 2.58 bits per heavy atom. The molecule has 0 heterocycles. The molecule has 0 amide bonds. The number of hydrogen-bond donors (Lipinski definition) is 1. The van der Waals surface area contributed by atoms with E-state index in [1.807, 2.05) is 36.4 Å². The van der Waals surface area contributed by atoms with Crippen molar-refractivity contribution >= 4 is 10.8 Å². The summed E-state index contributed by atoms with van der Waals surface area (Å²) in [6, 6.07) is 11.5. The molecule has 0 atom stereocenters. The Labute approximate surface area is 71.3 Å². The average molecular weight is 157 g/mol. The quantitative estimate of drug-likeness (QED) is 0.623. The van der Waals surface area contributed by atoms with Crippen molar-refractivity contribution in [2.24, 2.45) is 0 Å². The molecule has 0 aromatic heterocycles. The van der Waals surface area contributed by atoms with E-state index in [-0.39, 0.29) is 5.75 Å². The molecule has 0 aliphatic heterocycles. The molecule has 0 aliphatic rings. The van der Waals surface area contributed by atoms with Gasteiger partial charge in [-0.05, 0) is 17.9 Å². The first-order chi connectivity index (χ1) is 5.79. The third-order valence-electron chi connectivity index (χ3n) is 1.98. The van der Waals surface area contributed by atoms with Crippen LogP contribution in [0.4, 0.5) is 0 Å². The van der Waals surface area contributed by atoms with Crippen LogP contribution in [0.15, 0.2) is 36.4 Å². The smallest absolute Gasteiger partial charge is 0.126 e. The molecule has 2 rings (SSSR count). The van der Waals surface area contributed by atoms with Gasteiger partial charge in [0.05, 0.1) is 0 Å². The zero-order chi connectivity index (χ0) is 8.55. The molecule has 0 fully saturated rings. The van der Waals surface area contributed by atoms with Crippen molar-refractivity contribution < 1.29 is 5.11 Å². The number of hydrogen-bond acceptors (Lipinski definition) is 1. The Morgan fingerprint density at radius 2 is 1.75 bits per heavy atom. The van der Waals surface area contributed by atoms with E-state index in [1.165, 1.54) is 0 Å². The lowest BCUT2D eigenvalue weighted by molar-refractivity contribution is 0.479. The van der Waals surface area contributed by atoms with E-state index in [9.17, 15) is 5.11 Å². The first kappa shape index (κ1) is 7.17. The summed E-state index contributed by atoms with van der Waals surface area (Å²) in [5.41, 5.74) is 0.675. The molecule has 0 unspecified atom stereocenters. The van der Waals surface area contributed by atoms with Crippen molar-refractivity contribution in [1.82, 2.24) is 0 Å². The monoisotopic (exact) mass is 157 g/mol. The van der Waals surface area contributed by atoms with Crippen LogP contribution < -0.4 is 0 Å². The van der Waals surface area contributed by atoms with Crippen molar-refractivity contribution in [3.05, 3.63) is 48.9 Å². The van der Waals surface area contributed by atoms with E-state index in [4.69, 9.17) is 0 Å². The maximum Gasteiger partial charge on any atom is 0.126 e. The van der Waals surface area contributed by atoms with Gasteiger partial charge in [-0.25, -0.2) is 0 Å². The summed E-state index contributed by atoms with van der Waals surface area (Å²) in [6.07, 6.45) is 0. The summed E-state index contributed by atoms with van der Waals surface area (Å²) in [6.45, 7) is 3.72. The Balaban J connectivity index is 2.91. The number of fused-ring (bicyclic) bond motifs is 1. The van der Waals surface area contributed by atoms with Crippen LogP contribution in [-0.2, 0) is 0 Å². The topological polar surface area (TPSA) is 20.2 Å². The fourth-order valence-corrected chi connectivity index (χ4v) is 1.30. The van der Waals surface area contributed by atoms with Gasteiger partial charge in [-0.2, -0.15) is 0 Å². The first-order valence-electron chi connectivity index (χ1n) is 3.82. The van der Waals surface area contributed by atoms with E-state index in [0.717, 1.165) is 10.8 Å². The second-order valence-electron chi connectivity index (χ2n) is 2.79. The summed E-state index contributed by atoms with van der Waals surface area (Å²) in [5.74, 6) is 0.285. The fourth-order valence-electron chi connectivity index (χ4n) is 1.30. The third-order valence-corrected chi connectivity index (χ3v) is 1.98. The van der Waals surface area contributed by atoms with Crippen LogP contribution in [-0.4, -0.2) is 5.11 Å². The Bertz CT molecular complexity index is 418. The molecule has 59 valence electrons. The van der Waals surface area contributed by atoms with Gasteiger partial charge < -0.3 is 5.11 Å². The molecule has 2 aromatic carbocycles. The van der Waals surface area contributed by atoms with Gasteiger partial charge in [-0.15, -0.1) is 0 Å². The minimum absolute atomic E-state index is 0.285. The predicted octanol–water partition coefficient (Wildman–Crippen LogP) is 2.73. The number of phenolic OH excluding ortho intramolecular Hbond substituents is 1. The van der Waals surface area contributed by atoms with E-state index >= 15 is 0 Å². The highest BCUT2D eigenvalue weighted by Crippen LogP contribution is 2.27. The van der Waals surface area contributed by atoms with E-state index in [1.54, 1.807) is 0 Å². The van der Waals surface area contributed by atoms with E-state index in [2.05, 4.69) is 6.92 Å². The lowest BCUT2D eigenvalue weighted by Gasteiger charge is -2.02. The van der Waals surface area contributed by atoms with Crippen molar-refractivity contribution in [1.29, 1.82) is 0 Å². The van der Waals surface area contributed by atoms with Gasteiger partial charge in [0.2, 0.25) is 0 Å². The minimum Gasteiger partial charge on any atom is -0.507 e. The van der Waals surface area contributed by atoms with Crippen LogP contribution in [0, 0.1) is 6.92 Å². The van der Waals surface area contributed by atoms with Gasteiger partial charge >= 0.3 is 0 Å². The van der Waals surface area contributed by atoms with Crippen molar-refractivity contribution in [2.45, 2.75) is 0 Å². The second-order valence-corrected chi connectivity index (χ2v) is 2.79. The molecule has 0 spiro atoms. The molecule has 0 aliphatic carbocycles.